The molecule has 2 bridgehead atoms. The first-order valence-corrected chi connectivity index (χ1v) is 11.5. The molecule has 0 N–H and O–H groups in total. The Balaban J connectivity index is 1.16. The number of carbonyl (C=O) groups excluding carboxylic acids is 4. The fourth-order valence-corrected chi connectivity index (χ4v) is 6.05. The first kappa shape index (κ1) is 21.4. The number of nitro benzene ring substituents is 1. The number of ether oxygens (including phenoxy) is 1. The van der Waals surface area contributed by atoms with E-state index < -0.39 is 23.3 Å². The van der Waals surface area contributed by atoms with Crippen LogP contribution in [0, 0.1) is 45.6 Å². The molecule has 6 atom stereocenters. The number of carbonyl (C=O) groups is 4. The number of anilines is 1. The SMILES string of the molecule is O=C(COC(=O)c1cccc(N2C(=O)[C@@H]3[C@H]4C=C[C@@H]([C@@H]5C[C@@H]45)[C@@H]3C2=O)c1)c1ccc([N+](=O)[O-])cc1. The second kappa shape index (κ2) is 7.69. The molecule has 35 heavy (non-hydrogen) atoms. The van der Waals surface area contributed by atoms with Crippen molar-refractivity contribution in [2.75, 3.05) is 11.5 Å². The number of rotatable bonds is 6. The van der Waals surface area contributed by atoms with Crippen LogP contribution >= 0.6 is 0 Å². The second-order valence-corrected chi connectivity index (χ2v) is 9.52. The molecule has 1 aliphatic heterocycles. The van der Waals surface area contributed by atoms with E-state index in [0.717, 1.165) is 6.42 Å². The zero-order chi connectivity index (χ0) is 24.4. The zero-order valence-electron chi connectivity index (χ0n) is 18.4. The van der Waals surface area contributed by atoms with Gasteiger partial charge in [0.25, 0.3) is 5.69 Å². The van der Waals surface area contributed by atoms with Crippen molar-refractivity contribution in [2.24, 2.45) is 35.5 Å². The van der Waals surface area contributed by atoms with E-state index in [1.807, 2.05) is 0 Å². The zero-order valence-corrected chi connectivity index (χ0v) is 18.4. The van der Waals surface area contributed by atoms with Crippen LogP contribution in [0.5, 0.6) is 0 Å². The fraction of sp³-hybridized carbons (Fsp3) is 0.308. The van der Waals surface area contributed by atoms with Crippen molar-refractivity contribution in [3.8, 4) is 0 Å². The largest absolute Gasteiger partial charge is 0.454 e. The summed E-state index contributed by atoms with van der Waals surface area (Å²) in [7, 11) is 0. The van der Waals surface area contributed by atoms with Gasteiger partial charge in [-0.25, -0.2) is 9.69 Å². The number of Topliss-reactive ketones (excluding diaryl/α,β-unsaturated/α-hetero) is 1. The van der Waals surface area contributed by atoms with Crippen LogP contribution in [0.15, 0.2) is 60.7 Å². The number of hydrogen-bond donors (Lipinski definition) is 0. The van der Waals surface area contributed by atoms with Crippen LogP contribution < -0.4 is 4.90 Å². The summed E-state index contributed by atoms with van der Waals surface area (Å²) in [6.45, 7) is -0.551. The Labute approximate surface area is 199 Å². The maximum Gasteiger partial charge on any atom is 0.338 e. The van der Waals surface area contributed by atoms with Gasteiger partial charge in [0.2, 0.25) is 11.8 Å². The molecule has 2 aromatic rings. The molecule has 1 saturated heterocycles. The Morgan fingerprint density at radius 2 is 1.57 bits per heavy atom. The molecular weight excluding hydrogens is 452 g/mol. The number of ketones is 1. The highest BCUT2D eigenvalue weighted by Gasteiger charge is 2.67. The van der Waals surface area contributed by atoms with Crippen LogP contribution in [0.1, 0.15) is 27.1 Å². The first-order valence-electron chi connectivity index (χ1n) is 11.5. The second-order valence-electron chi connectivity index (χ2n) is 9.52. The van der Waals surface area contributed by atoms with E-state index in [2.05, 4.69) is 12.2 Å². The highest BCUT2D eigenvalue weighted by Crippen LogP contribution is 2.65. The Morgan fingerprint density at radius 1 is 0.943 bits per heavy atom. The van der Waals surface area contributed by atoms with E-state index in [1.165, 1.54) is 41.3 Å². The lowest BCUT2D eigenvalue weighted by Gasteiger charge is -2.37. The summed E-state index contributed by atoms with van der Waals surface area (Å²) >= 11 is 0. The molecule has 7 rings (SSSR count). The summed E-state index contributed by atoms with van der Waals surface area (Å²) in [6, 6.07) is 11.1. The van der Waals surface area contributed by atoms with Gasteiger partial charge in [-0.2, -0.15) is 0 Å². The van der Waals surface area contributed by atoms with Crippen molar-refractivity contribution in [2.45, 2.75) is 6.42 Å². The van der Waals surface area contributed by atoms with Crippen molar-refractivity contribution < 1.29 is 28.8 Å². The highest BCUT2D eigenvalue weighted by atomic mass is 16.6. The molecular formula is C26H20N2O7. The summed E-state index contributed by atoms with van der Waals surface area (Å²) in [6.07, 6.45) is 5.28. The van der Waals surface area contributed by atoms with Crippen LogP contribution in [0.25, 0.3) is 0 Å². The van der Waals surface area contributed by atoms with Gasteiger partial charge in [-0.15, -0.1) is 0 Å². The first-order chi connectivity index (χ1) is 16.8. The minimum Gasteiger partial charge on any atom is -0.454 e. The fourth-order valence-electron chi connectivity index (χ4n) is 6.05. The molecule has 0 aromatic heterocycles. The maximum atomic E-state index is 13.3. The van der Waals surface area contributed by atoms with Gasteiger partial charge in [-0.05, 0) is 60.4 Å². The lowest BCUT2D eigenvalue weighted by molar-refractivity contribution is -0.384. The molecule has 0 unspecified atom stereocenters. The van der Waals surface area contributed by atoms with E-state index in [1.54, 1.807) is 12.1 Å². The van der Waals surface area contributed by atoms with Gasteiger partial charge in [0.05, 0.1) is 28.0 Å². The molecule has 4 aliphatic carbocycles. The van der Waals surface area contributed by atoms with E-state index in [9.17, 15) is 29.3 Å². The van der Waals surface area contributed by atoms with Gasteiger partial charge in [-0.3, -0.25) is 24.5 Å². The molecule has 1 heterocycles. The molecule has 5 aliphatic rings. The summed E-state index contributed by atoms with van der Waals surface area (Å²) < 4.78 is 5.13. The number of benzene rings is 2. The topological polar surface area (TPSA) is 124 Å². The van der Waals surface area contributed by atoms with Gasteiger partial charge in [0.15, 0.2) is 12.4 Å². The van der Waals surface area contributed by atoms with Gasteiger partial charge in [0, 0.05) is 17.7 Å². The third kappa shape index (κ3) is 3.30. The predicted octanol–water partition coefficient (Wildman–Crippen LogP) is 3.19. The van der Waals surface area contributed by atoms with Crippen LogP contribution in [-0.4, -0.2) is 35.1 Å². The van der Waals surface area contributed by atoms with Crippen molar-refractivity contribution in [1.82, 2.24) is 0 Å². The summed E-state index contributed by atoms with van der Waals surface area (Å²) in [5.41, 5.74) is 0.452. The maximum absolute atomic E-state index is 13.3. The van der Waals surface area contributed by atoms with E-state index >= 15 is 0 Å². The smallest absolute Gasteiger partial charge is 0.338 e. The number of hydrogen-bond acceptors (Lipinski definition) is 7. The average molecular weight is 472 g/mol. The summed E-state index contributed by atoms with van der Waals surface area (Å²) in [4.78, 5) is 62.9. The van der Waals surface area contributed by atoms with Gasteiger partial charge >= 0.3 is 5.97 Å². The predicted molar refractivity (Wildman–Crippen MR) is 121 cm³/mol. The monoisotopic (exact) mass is 472 g/mol. The van der Waals surface area contributed by atoms with Crippen LogP contribution in [0.4, 0.5) is 11.4 Å². The number of non-ortho nitro benzene ring substituents is 1. The summed E-state index contributed by atoms with van der Waals surface area (Å²) in [5, 5.41) is 10.7. The lowest BCUT2D eigenvalue weighted by atomic mass is 9.63. The number of nitrogens with zero attached hydrogens (tertiary/aromatic N) is 2. The third-order valence-electron chi connectivity index (χ3n) is 7.74. The van der Waals surface area contributed by atoms with E-state index in [0.29, 0.717) is 17.5 Å². The average Bonchev–Trinajstić information content (AvgIpc) is 3.65. The minimum atomic E-state index is -0.776. The Kier molecular flexibility index (Phi) is 4.70. The Morgan fingerprint density at radius 3 is 2.17 bits per heavy atom. The molecule has 0 spiro atoms. The molecule has 176 valence electrons. The highest BCUT2D eigenvalue weighted by molar-refractivity contribution is 6.23. The van der Waals surface area contributed by atoms with Gasteiger partial charge in [0.1, 0.15) is 0 Å². The standard InChI is InChI=1S/C26H20N2O7/c29-21(13-4-6-15(7-5-13)28(33)34)12-35-26(32)14-2-1-3-16(10-14)27-24(30)22-17-8-9-18(20-11-19(17)20)23(22)25(27)31/h1-10,17-20,22-23H,11-12H2/t17-,18-,19-,20-,22-,23+/m0/s1. The quantitative estimate of drug-likeness (QED) is 0.158. The van der Waals surface area contributed by atoms with Crippen molar-refractivity contribution in [1.29, 1.82) is 0 Å². The molecule has 3 fully saturated rings. The summed E-state index contributed by atoms with van der Waals surface area (Å²) in [5.74, 6) is -1.19. The number of esters is 1. The molecule has 2 saturated carbocycles. The van der Waals surface area contributed by atoms with E-state index in [-0.39, 0.29) is 52.3 Å². The van der Waals surface area contributed by atoms with Gasteiger partial charge in [-0.1, -0.05) is 18.2 Å². The number of allylic oxidation sites excluding steroid dienone is 2. The number of nitro groups is 1. The van der Waals surface area contributed by atoms with Crippen molar-refractivity contribution in [3.63, 3.8) is 0 Å². The minimum absolute atomic E-state index is 0.107. The molecule has 2 aromatic carbocycles. The van der Waals surface area contributed by atoms with E-state index in [4.69, 9.17) is 4.74 Å². The number of imide groups is 1. The Bertz CT molecular complexity index is 1300. The number of amides is 2. The van der Waals surface area contributed by atoms with Crippen molar-refractivity contribution >= 4 is 34.9 Å². The van der Waals surface area contributed by atoms with Crippen LogP contribution in [0.2, 0.25) is 0 Å². The molecule has 9 nitrogen and oxygen atoms in total. The van der Waals surface area contributed by atoms with Crippen LogP contribution in [0.3, 0.4) is 0 Å². The van der Waals surface area contributed by atoms with Crippen LogP contribution in [-0.2, 0) is 14.3 Å². The van der Waals surface area contributed by atoms with Gasteiger partial charge < -0.3 is 4.74 Å². The Hall–Kier alpha value is -4.14. The molecule has 2 amide bonds. The molecule has 9 heteroatoms. The normalized spacial score (nSPS) is 29.5. The lowest BCUT2D eigenvalue weighted by Crippen LogP contribution is -2.40. The third-order valence-corrected chi connectivity index (χ3v) is 7.74. The molecule has 0 radical (unpaired) electrons. The van der Waals surface area contributed by atoms with Crippen molar-refractivity contribution in [3.05, 3.63) is 81.9 Å².